The highest BCUT2D eigenvalue weighted by Crippen LogP contribution is 2.32. The normalized spacial score (nSPS) is 12.0. The summed E-state index contributed by atoms with van der Waals surface area (Å²) in [5, 5.41) is 0.582. The number of thiazole rings is 1. The molecule has 10 nitrogen and oxygen atoms in total. The van der Waals surface area contributed by atoms with Gasteiger partial charge in [-0.05, 0) is 69.5 Å². The number of carbonyl (C=O) groups is 1. The summed E-state index contributed by atoms with van der Waals surface area (Å²) < 4.78 is 44.2. The number of hydrogen-bond donors (Lipinski definition) is 0. The van der Waals surface area contributed by atoms with Gasteiger partial charge >= 0.3 is 0 Å². The molecule has 208 valence electrons. The number of hydrogen-bond acceptors (Lipinski definition) is 9. The van der Waals surface area contributed by atoms with Gasteiger partial charge in [0.2, 0.25) is 10.0 Å². The summed E-state index contributed by atoms with van der Waals surface area (Å²) >= 11 is 1.42. The van der Waals surface area contributed by atoms with Gasteiger partial charge in [0.1, 0.15) is 5.75 Å². The van der Waals surface area contributed by atoms with Crippen LogP contribution in [0.3, 0.4) is 0 Å². The average molecular weight is 565 g/mol. The SMILES string of the molecule is COCCN(CCOC)S(=O)(=O)c1ccc(C(=O)N(CCCN(C)C)c2nc3ccc(OC)cc3s2)cc1. The minimum absolute atomic E-state index is 0.104. The van der Waals surface area contributed by atoms with Crippen LogP contribution in [0.15, 0.2) is 47.4 Å². The van der Waals surface area contributed by atoms with E-state index in [1.54, 1.807) is 24.1 Å². The van der Waals surface area contributed by atoms with Gasteiger partial charge in [0, 0.05) is 39.4 Å². The molecule has 0 aliphatic rings. The van der Waals surface area contributed by atoms with Crippen LogP contribution >= 0.6 is 11.3 Å². The number of carbonyl (C=O) groups excluding carboxylic acids is 1. The largest absolute Gasteiger partial charge is 0.497 e. The van der Waals surface area contributed by atoms with Crippen molar-refractivity contribution in [3.63, 3.8) is 0 Å². The van der Waals surface area contributed by atoms with E-state index < -0.39 is 10.0 Å². The second-order valence-electron chi connectivity index (χ2n) is 8.86. The van der Waals surface area contributed by atoms with Crippen LogP contribution < -0.4 is 9.64 Å². The molecule has 0 saturated carbocycles. The molecular formula is C26H36N4O6S2. The highest BCUT2D eigenvalue weighted by atomic mass is 32.2. The van der Waals surface area contributed by atoms with Crippen molar-refractivity contribution in [2.75, 3.05) is 79.7 Å². The third-order valence-electron chi connectivity index (χ3n) is 5.88. The predicted molar refractivity (Wildman–Crippen MR) is 150 cm³/mol. The molecule has 0 atom stereocenters. The molecule has 1 heterocycles. The first-order valence-electron chi connectivity index (χ1n) is 12.2. The number of methoxy groups -OCH3 is 3. The van der Waals surface area contributed by atoms with Crippen LogP contribution in [0.5, 0.6) is 5.75 Å². The first kappa shape index (κ1) is 29.9. The lowest BCUT2D eigenvalue weighted by atomic mass is 10.2. The first-order valence-corrected chi connectivity index (χ1v) is 14.5. The lowest BCUT2D eigenvalue weighted by Gasteiger charge is -2.22. The first-order chi connectivity index (χ1) is 18.2. The van der Waals surface area contributed by atoms with E-state index in [2.05, 4.69) is 4.90 Å². The summed E-state index contributed by atoms with van der Waals surface area (Å²) in [4.78, 5) is 22.2. The second kappa shape index (κ2) is 14.0. The van der Waals surface area contributed by atoms with Gasteiger partial charge in [-0.3, -0.25) is 9.69 Å². The number of amides is 1. The molecular weight excluding hydrogens is 528 g/mol. The van der Waals surface area contributed by atoms with E-state index in [1.165, 1.54) is 42.0 Å². The van der Waals surface area contributed by atoms with Gasteiger partial charge in [-0.25, -0.2) is 13.4 Å². The van der Waals surface area contributed by atoms with E-state index in [4.69, 9.17) is 19.2 Å². The van der Waals surface area contributed by atoms with Gasteiger partial charge in [0.25, 0.3) is 5.91 Å². The number of benzene rings is 2. The van der Waals surface area contributed by atoms with Crippen molar-refractivity contribution in [1.82, 2.24) is 14.2 Å². The van der Waals surface area contributed by atoms with Crippen molar-refractivity contribution < 1.29 is 27.4 Å². The van der Waals surface area contributed by atoms with Crippen LogP contribution in [0.25, 0.3) is 10.2 Å². The summed E-state index contributed by atoms with van der Waals surface area (Å²) in [5.41, 5.74) is 1.16. The van der Waals surface area contributed by atoms with Crippen LogP contribution in [0.2, 0.25) is 0 Å². The summed E-state index contributed by atoms with van der Waals surface area (Å²) in [7, 11) is 4.83. The fraction of sp³-hybridized carbons (Fsp3) is 0.462. The topological polar surface area (TPSA) is 102 Å². The third-order valence-corrected chi connectivity index (χ3v) is 8.83. The van der Waals surface area contributed by atoms with Crippen molar-refractivity contribution >= 4 is 42.6 Å². The van der Waals surface area contributed by atoms with Crippen LogP contribution in [0.4, 0.5) is 5.13 Å². The second-order valence-corrected chi connectivity index (χ2v) is 11.8. The monoisotopic (exact) mass is 564 g/mol. The molecule has 0 bridgehead atoms. The Morgan fingerprint density at radius 3 is 2.16 bits per heavy atom. The van der Waals surface area contributed by atoms with Gasteiger partial charge in [0.15, 0.2) is 5.13 Å². The van der Waals surface area contributed by atoms with Crippen LogP contribution in [-0.4, -0.2) is 103 Å². The molecule has 0 radical (unpaired) electrons. The van der Waals surface area contributed by atoms with E-state index in [1.807, 2.05) is 32.3 Å². The zero-order valence-electron chi connectivity index (χ0n) is 22.5. The quantitative estimate of drug-likeness (QED) is 0.277. The molecule has 0 aliphatic heterocycles. The molecule has 1 amide bonds. The lowest BCUT2D eigenvalue weighted by molar-refractivity contribution is 0.0986. The maximum Gasteiger partial charge on any atom is 0.260 e. The standard InChI is InChI=1S/C26H36N4O6S2/c1-28(2)13-6-14-30(26-27-23-12-9-21(36-5)19-24(23)37-26)25(31)20-7-10-22(11-8-20)38(32,33)29(15-17-34-3)16-18-35-4/h7-12,19H,6,13-18H2,1-5H3. The van der Waals surface area contributed by atoms with Gasteiger partial charge in [-0.2, -0.15) is 4.31 Å². The molecule has 0 fully saturated rings. The predicted octanol–water partition coefficient (Wildman–Crippen LogP) is 3.19. The Labute approximate surface area is 228 Å². The minimum atomic E-state index is -3.79. The maximum absolute atomic E-state index is 13.7. The maximum atomic E-state index is 13.7. The molecule has 0 aliphatic carbocycles. The Hall–Kier alpha value is -2.61. The number of nitrogens with zero attached hydrogens (tertiary/aromatic N) is 4. The Kier molecular flexibility index (Phi) is 11.0. The smallest absolute Gasteiger partial charge is 0.260 e. The van der Waals surface area contributed by atoms with Crippen molar-refractivity contribution in [3.8, 4) is 5.75 Å². The molecule has 12 heteroatoms. The van der Waals surface area contributed by atoms with E-state index in [-0.39, 0.29) is 37.1 Å². The average Bonchev–Trinajstić information content (AvgIpc) is 3.33. The molecule has 0 saturated heterocycles. The molecule has 38 heavy (non-hydrogen) atoms. The Morgan fingerprint density at radius 2 is 1.58 bits per heavy atom. The number of fused-ring (bicyclic) bond motifs is 1. The number of sulfonamides is 1. The Balaban J connectivity index is 1.89. The van der Waals surface area contributed by atoms with Crippen molar-refractivity contribution in [2.24, 2.45) is 0 Å². The van der Waals surface area contributed by atoms with E-state index in [0.29, 0.717) is 17.2 Å². The van der Waals surface area contributed by atoms with Crippen LogP contribution in [0, 0.1) is 0 Å². The molecule has 3 rings (SSSR count). The number of aromatic nitrogens is 1. The Morgan fingerprint density at radius 1 is 0.921 bits per heavy atom. The summed E-state index contributed by atoms with van der Waals surface area (Å²) in [6, 6.07) is 11.6. The zero-order valence-corrected chi connectivity index (χ0v) is 24.2. The van der Waals surface area contributed by atoms with Crippen molar-refractivity contribution in [1.29, 1.82) is 0 Å². The van der Waals surface area contributed by atoms with E-state index in [9.17, 15) is 13.2 Å². The van der Waals surface area contributed by atoms with E-state index in [0.717, 1.165) is 28.9 Å². The van der Waals surface area contributed by atoms with Crippen molar-refractivity contribution in [3.05, 3.63) is 48.0 Å². The number of rotatable bonds is 15. The van der Waals surface area contributed by atoms with Crippen LogP contribution in [0.1, 0.15) is 16.8 Å². The zero-order chi connectivity index (χ0) is 27.7. The highest BCUT2D eigenvalue weighted by Gasteiger charge is 2.26. The molecule has 3 aromatic rings. The van der Waals surface area contributed by atoms with Crippen molar-refractivity contribution in [2.45, 2.75) is 11.3 Å². The summed E-state index contributed by atoms with van der Waals surface area (Å²) in [6.45, 7) is 2.19. The lowest BCUT2D eigenvalue weighted by Crippen LogP contribution is -2.36. The third kappa shape index (κ3) is 7.49. The Bertz CT molecular complexity index is 1290. The van der Waals surface area contributed by atoms with Crippen LogP contribution in [-0.2, 0) is 19.5 Å². The van der Waals surface area contributed by atoms with Gasteiger partial charge in [0.05, 0.1) is 35.4 Å². The summed E-state index contributed by atoms with van der Waals surface area (Å²) in [5.74, 6) is 0.481. The van der Waals surface area contributed by atoms with Gasteiger partial charge < -0.3 is 19.1 Å². The molecule has 1 aromatic heterocycles. The molecule has 0 N–H and O–H groups in total. The minimum Gasteiger partial charge on any atom is -0.497 e. The number of anilines is 1. The fourth-order valence-corrected chi connectivity index (χ4v) is 6.20. The van der Waals surface area contributed by atoms with E-state index >= 15 is 0 Å². The fourth-order valence-electron chi connectivity index (χ4n) is 3.78. The number of ether oxygens (including phenoxy) is 3. The molecule has 0 unspecified atom stereocenters. The van der Waals surface area contributed by atoms with Gasteiger partial charge in [-0.1, -0.05) is 11.3 Å². The summed E-state index contributed by atoms with van der Waals surface area (Å²) in [6.07, 6.45) is 0.748. The molecule has 2 aromatic carbocycles. The highest BCUT2D eigenvalue weighted by molar-refractivity contribution is 7.89. The molecule has 0 spiro atoms. The van der Waals surface area contributed by atoms with Gasteiger partial charge in [-0.15, -0.1) is 0 Å².